The van der Waals surface area contributed by atoms with Crippen molar-refractivity contribution < 1.29 is 4.79 Å². The largest absolute Gasteiger partial charge is 0.336 e. The van der Waals surface area contributed by atoms with E-state index >= 15 is 0 Å². The van der Waals surface area contributed by atoms with Crippen LogP contribution in [0.3, 0.4) is 0 Å². The molecular formula is C10H10N6O. The summed E-state index contributed by atoms with van der Waals surface area (Å²) >= 11 is 0. The standard InChI is InChI=1S/C10H10N6O/c17-10-11-5-6-15(10)8-1-3-9(4-2-8)16-7-12-13-14-16/h1-4,7H,5-6H2,(H,11,17). The molecule has 0 atom stereocenters. The number of tetrazole rings is 1. The van der Waals surface area contributed by atoms with Crippen molar-refractivity contribution in [1.82, 2.24) is 25.5 Å². The van der Waals surface area contributed by atoms with Gasteiger partial charge in [0, 0.05) is 18.8 Å². The van der Waals surface area contributed by atoms with E-state index in [9.17, 15) is 4.79 Å². The van der Waals surface area contributed by atoms with E-state index in [0.29, 0.717) is 13.1 Å². The molecule has 0 radical (unpaired) electrons. The molecule has 2 aromatic rings. The first-order chi connectivity index (χ1) is 8.34. The third-order valence-electron chi connectivity index (χ3n) is 2.63. The van der Waals surface area contributed by atoms with Gasteiger partial charge < -0.3 is 5.32 Å². The molecule has 0 bridgehead atoms. The zero-order chi connectivity index (χ0) is 11.7. The lowest BCUT2D eigenvalue weighted by Crippen LogP contribution is -2.27. The summed E-state index contributed by atoms with van der Waals surface area (Å²) in [6, 6.07) is 7.44. The maximum absolute atomic E-state index is 11.5. The lowest BCUT2D eigenvalue weighted by molar-refractivity contribution is 0.252. The summed E-state index contributed by atoms with van der Waals surface area (Å²) in [4.78, 5) is 13.2. The highest BCUT2D eigenvalue weighted by atomic mass is 16.2. The van der Waals surface area contributed by atoms with Crippen LogP contribution in [0.4, 0.5) is 10.5 Å². The molecule has 1 aliphatic rings. The van der Waals surface area contributed by atoms with Gasteiger partial charge in [-0.2, -0.15) is 0 Å². The van der Waals surface area contributed by atoms with Crippen molar-refractivity contribution in [3.8, 4) is 5.69 Å². The van der Waals surface area contributed by atoms with Crippen LogP contribution < -0.4 is 10.2 Å². The maximum Gasteiger partial charge on any atom is 0.321 e. The Kier molecular flexibility index (Phi) is 2.21. The van der Waals surface area contributed by atoms with Gasteiger partial charge in [-0.3, -0.25) is 4.90 Å². The van der Waals surface area contributed by atoms with Crippen molar-refractivity contribution in [2.45, 2.75) is 0 Å². The highest BCUT2D eigenvalue weighted by Gasteiger charge is 2.20. The number of carbonyl (C=O) groups excluding carboxylic acids is 1. The summed E-state index contributed by atoms with van der Waals surface area (Å²) in [5.41, 5.74) is 1.73. The van der Waals surface area contributed by atoms with E-state index in [-0.39, 0.29) is 6.03 Å². The number of urea groups is 1. The van der Waals surface area contributed by atoms with Gasteiger partial charge in [0.05, 0.1) is 5.69 Å². The summed E-state index contributed by atoms with van der Waals surface area (Å²) in [5, 5.41) is 13.7. The third-order valence-corrected chi connectivity index (χ3v) is 2.63. The first-order valence-electron chi connectivity index (χ1n) is 5.23. The van der Waals surface area contributed by atoms with Crippen molar-refractivity contribution in [1.29, 1.82) is 0 Å². The lowest BCUT2D eigenvalue weighted by atomic mass is 10.2. The molecule has 3 rings (SSSR count). The number of nitrogens with one attached hydrogen (secondary N) is 1. The average molecular weight is 230 g/mol. The van der Waals surface area contributed by atoms with Gasteiger partial charge >= 0.3 is 6.03 Å². The van der Waals surface area contributed by atoms with Gasteiger partial charge in [0.2, 0.25) is 0 Å². The van der Waals surface area contributed by atoms with Gasteiger partial charge in [-0.05, 0) is 34.7 Å². The molecule has 1 aromatic carbocycles. The molecular weight excluding hydrogens is 220 g/mol. The monoisotopic (exact) mass is 230 g/mol. The minimum atomic E-state index is -0.0554. The number of nitrogens with zero attached hydrogens (tertiary/aromatic N) is 5. The fraction of sp³-hybridized carbons (Fsp3) is 0.200. The van der Waals surface area contributed by atoms with Crippen LogP contribution in [0.15, 0.2) is 30.6 Å². The fourth-order valence-corrected chi connectivity index (χ4v) is 1.78. The predicted octanol–water partition coefficient (Wildman–Crippen LogP) is 0.192. The molecule has 7 nitrogen and oxygen atoms in total. The Morgan fingerprint density at radius 1 is 1.18 bits per heavy atom. The van der Waals surface area contributed by atoms with Gasteiger partial charge in [-0.1, -0.05) is 0 Å². The lowest BCUT2D eigenvalue weighted by Gasteiger charge is -2.14. The van der Waals surface area contributed by atoms with Crippen molar-refractivity contribution in [3.05, 3.63) is 30.6 Å². The number of hydrogen-bond donors (Lipinski definition) is 1. The van der Waals surface area contributed by atoms with E-state index in [4.69, 9.17) is 0 Å². The number of anilines is 1. The van der Waals surface area contributed by atoms with Crippen molar-refractivity contribution in [2.75, 3.05) is 18.0 Å². The molecule has 0 saturated carbocycles. The van der Waals surface area contributed by atoms with Gasteiger partial charge in [0.25, 0.3) is 0 Å². The minimum Gasteiger partial charge on any atom is -0.336 e. The molecule has 17 heavy (non-hydrogen) atoms. The van der Waals surface area contributed by atoms with Crippen LogP contribution in [0, 0.1) is 0 Å². The number of hydrogen-bond acceptors (Lipinski definition) is 4. The molecule has 0 unspecified atom stereocenters. The third kappa shape index (κ3) is 1.71. The van der Waals surface area contributed by atoms with Crippen LogP contribution in [-0.4, -0.2) is 39.3 Å². The topological polar surface area (TPSA) is 75.9 Å². The van der Waals surface area contributed by atoms with Crippen LogP contribution in [0.25, 0.3) is 5.69 Å². The number of amides is 2. The van der Waals surface area contributed by atoms with Crippen molar-refractivity contribution in [2.24, 2.45) is 0 Å². The molecule has 7 heteroatoms. The Balaban J connectivity index is 1.87. The summed E-state index contributed by atoms with van der Waals surface area (Å²) in [6.07, 6.45) is 1.53. The highest BCUT2D eigenvalue weighted by molar-refractivity contribution is 5.94. The number of aromatic nitrogens is 4. The molecule has 0 spiro atoms. The second-order valence-electron chi connectivity index (χ2n) is 3.65. The van der Waals surface area contributed by atoms with Crippen LogP contribution in [-0.2, 0) is 0 Å². The van der Waals surface area contributed by atoms with E-state index in [1.54, 1.807) is 9.58 Å². The SMILES string of the molecule is O=C1NCCN1c1ccc(-n2cnnn2)cc1. The zero-order valence-corrected chi connectivity index (χ0v) is 8.95. The van der Waals surface area contributed by atoms with Crippen LogP contribution in [0.2, 0.25) is 0 Å². The summed E-state index contributed by atoms with van der Waals surface area (Å²) in [5.74, 6) is 0. The van der Waals surface area contributed by atoms with E-state index < -0.39 is 0 Å². The minimum absolute atomic E-state index is 0.0554. The first-order valence-corrected chi connectivity index (χ1v) is 5.23. The predicted molar refractivity (Wildman–Crippen MR) is 59.9 cm³/mol. The molecule has 1 aliphatic heterocycles. The smallest absolute Gasteiger partial charge is 0.321 e. The van der Waals surface area contributed by atoms with Crippen LogP contribution in [0.5, 0.6) is 0 Å². The Hall–Kier alpha value is -2.44. The van der Waals surface area contributed by atoms with Crippen LogP contribution in [0.1, 0.15) is 0 Å². The molecule has 1 aromatic heterocycles. The van der Waals surface area contributed by atoms with Gasteiger partial charge in [0.1, 0.15) is 6.33 Å². The summed E-state index contributed by atoms with van der Waals surface area (Å²) < 4.78 is 1.56. The maximum atomic E-state index is 11.5. The molecule has 0 aliphatic carbocycles. The molecule has 1 fully saturated rings. The van der Waals surface area contributed by atoms with E-state index in [2.05, 4.69) is 20.8 Å². The average Bonchev–Trinajstić information content (AvgIpc) is 3.00. The van der Waals surface area contributed by atoms with Crippen molar-refractivity contribution in [3.63, 3.8) is 0 Å². The molecule has 1 saturated heterocycles. The van der Waals surface area contributed by atoms with Gasteiger partial charge in [-0.15, -0.1) is 5.10 Å². The summed E-state index contributed by atoms with van der Waals surface area (Å²) in [6.45, 7) is 1.39. The normalized spacial score (nSPS) is 15.1. The Morgan fingerprint density at radius 3 is 2.53 bits per heavy atom. The first kappa shape index (κ1) is 9.76. The number of carbonyl (C=O) groups is 1. The Bertz CT molecular complexity index is 520. The molecule has 1 N–H and O–H groups in total. The quantitative estimate of drug-likeness (QED) is 0.799. The van der Waals surface area contributed by atoms with E-state index in [0.717, 1.165) is 11.4 Å². The Labute approximate surface area is 97.0 Å². The molecule has 2 heterocycles. The van der Waals surface area contributed by atoms with Crippen molar-refractivity contribution >= 4 is 11.7 Å². The van der Waals surface area contributed by atoms with E-state index in [1.165, 1.54) is 6.33 Å². The summed E-state index contributed by atoms with van der Waals surface area (Å²) in [7, 11) is 0. The molecule has 86 valence electrons. The second-order valence-corrected chi connectivity index (χ2v) is 3.65. The fourth-order valence-electron chi connectivity index (χ4n) is 1.78. The van der Waals surface area contributed by atoms with Crippen LogP contribution >= 0.6 is 0 Å². The second kappa shape index (κ2) is 3.85. The Morgan fingerprint density at radius 2 is 1.94 bits per heavy atom. The number of benzene rings is 1. The zero-order valence-electron chi connectivity index (χ0n) is 8.95. The molecule has 2 amide bonds. The highest BCUT2D eigenvalue weighted by Crippen LogP contribution is 2.18. The van der Waals surface area contributed by atoms with Gasteiger partial charge in [0.15, 0.2) is 0 Å². The number of rotatable bonds is 2. The van der Waals surface area contributed by atoms with Gasteiger partial charge in [-0.25, -0.2) is 9.48 Å². The van der Waals surface area contributed by atoms with E-state index in [1.807, 2.05) is 24.3 Å².